The molecule has 15 heteroatoms. The molecule has 0 fully saturated rings. The maximum Gasteiger partial charge on any atom is 0.460 e. The highest BCUT2D eigenvalue weighted by atomic mass is 19.4. The quantitative estimate of drug-likeness (QED) is 0.559. The second-order valence-corrected chi connectivity index (χ2v) is 4.19. The van der Waals surface area contributed by atoms with E-state index in [0.717, 1.165) is 0 Å². The van der Waals surface area contributed by atoms with Crippen LogP contribution in [0.4, 0.5) is 65.9 Å². The predicted octanol–water partition coefficient (Wildman–Crippen LogP) is 5.38. The molecule has 1 unspecified atom stereocenters. The molecular formula is C8H3F15. The van der Waals surface area contributed by atoms with Crippen molar-refractivity contribution >= 4 is 0 Å². The Balaban J connectivity index is 5.74. The average Bonchev–Trinajstić information content (AvgIpc) is 2.23. The van der Waals surface area contributed by atoms with Gasteiger partial charge in [0.2, 0.25) is 0 Å². The van der Waals surface area contributed by atoms with Crippen molar-refractivity contribution in [1.29, 1.82) is 0 Å². The summed E-state index contributed by atoms with van der Waals surface area (Å²) in [4.78, 5) is 0. The lowest BCUT2D eigenvalue weighted by Crippen LogP contribution is -2.62. The van der Waals surface area contributed by atoms with Gasteiger partial charge in [0, 0.05) is 0 Å². The van der Waals surface area contributed by atoms with Crippen molar-refractivity contribution in [3.8, 4) is 0 Å². The molecule has 0 N–H and O–H groups in total. The molecule has 0 saturated carbocycles. The molecule has 0 aromatic carbocycles. The number of hydrogen-bond donors (Lipinski definition) is 0. The van der Waals surface area contributed by atoms with Crippen LogP contribution in [0.1, 0.15) is 6.42 Å². The van der Waals surface area contributed by atoms with Gasteiger partial charge in [-0.2, -0.15) is 52.7 Å². The van der Waals surface area contributed by atoms with E-state index in [1.807, 2.05) is 0 Å². The highest BCUT2D eigenvalue weighted by molar-refractivity contribution is 5.03. The second-order valence-electron chi connectivity index (χ2n) is 4.19. The SMILES string of the molecule is FC(C(F)(F)F)C(F)(F)CC(F)(F)C(F)(F)C(F)(F)C(F)(F)F. The minimum Gasteiger partial charge on any atom is -0.231 e. The molecule has 0 aromatic heterocycles. The van der Waals surface area contributed by atoms with E-state index in [-0.39, 0.29) is 0 Å². The molecule has 0 saturated heterocycles. The Morgan fingerprint density at radius 2 is 0.913 bits per heavy atom. The molecule has 0 bridgehead atoms. The maximum atomic E-state index is 12.7. The Morgan fingerprint density at radius 3 is 1.17 bits per heavy atom. The van der Waals surface area contributed by atoms with Crippen molar-refractivity contribution in [2.24, 2.45) is 0 Å². The fraction of sp³-hybridized carbons (Fsp3) is 1.00. The highest BCUT2D eigenvalue weighted by Gasteiger charge is 2.83. The fourth-order valence-electron chi connectivity index (χ4n) is 1.14. The molecule has 0 aliphatic heterocycles. The molecule has 140 valence electrons. The summed E-state index contributed by atoms with van der Waals surface area (Å²) < 4.78 is 182. The van der Waals surface area contributed by atoms with Gasteiger partial charge in [0.15, 0.2) is 0 Å². The predicted molar refractivity (Wildman–Crippen MR) is 41.4 cm³/mol. The van der Waals surface area contributed by atoms with Gasteiger partial charge >= 0.3 is 30.1 Å². The van der Waals surface area contributed by atoms with E-state index >= 15 is 0 Å². The van der Waals surface area contributed by atoms with Gasteiger partial charge in [0.1, 0.15) is 0 Å². The zero-order chi connectivity index (χ0) is 19.3. The van der Waals surface area contributed by atoms with Gasteiger partial charge in [0.05, 0.1) is 6.42 Å². The van der Waals surface area contributed by atoms with E-state index in [9.17, 15) is 65.9 Å². The van der Waals surface area contributed by atoms with Gasteiger partial charge < -0.3 is 0 Å². The Morgan fingerprint density at radius 1 is 0.565 bits per heavy atom. The van der Waals surface area contributed by atoms with E-state index in [1.54, 1.807) is 0 Å². The molecular weight excluding hydrogens is 381 g/mol. The average molecular weight is 384 g/mol. The molecule has 0 aliphatic rings. The van der Waals surface area contributed by atoms with Crippen molar-refractivity contribution < 1.29 is 65.9 Å². The van der Waals surface area contributed by atoms with E-state index in [4.69, 9.17) is 0 Å². The third-order valence-corrected chi connectivity index (χ3v) is 2.33. The van der Waals surface area contributed by atoms with E-state index in [0.29, 0.717) is 0 Å². The molecule has 0 spiro atoms. The summed E-state index contributed by atoms with van der Waals surface area (Å²) in [5.74, 6) is -28.5. The molecule has 0 nitrogen and oxygen atoms in total. The maximum absolute atomic E-state index is 12.7. The standard InChI is InChI=1S/C8H3F15/c9-2(5(14,15)16)3(10,11)1-4(12,13)6(17,18)7(19,20)8(21,22)23/h2H,1H2. The first-order valence-corrected chi connectivity index (χ1v) is 4.90. The summed E-state index contributed by atoms with van der Waals surface area (Å²) in [6.07, 6.45) is -23.6. The van der Waals surface area contributed by atoms with Crippen molar-refractivity contribution in [2.45, 2.75) is 48.6 Å². The molecule has 0 amide bonds. The van der Waals surface area contributed by atoms with E-state index in [1.165, 1.54) is 0 Å². The highest BCUT2D eigenvalue weighted by Crippen LogP contribution is 2.56. The largest absolute Gasteiger partial charge is 0.460 e. The summed E-state index contributed by atoms with van der Waals surface area (Å²) in [5, 5.41) is 0. The van der Waals surface area contributed by atoms with Gasteiger partial charge in [-0.3, -0.25) is 0 Å². The smallest absolute Gasteiger partial charge is 0.231 e. The Hall–Kier alpha value is -1.05. The molecule has 1 atom stereocenters. The third-order valence-electron chi connectivity index (χ3n) is 2.33. The van der Waals surface area contributed by atoms with Gasteiger partial charge in [0.25, 0.3) is 12.1 Å². The Labute approximate surface area is 116 Å². The minimum atomic E-state index is -7.57. The third kappa shape index (κ3) is 3.89. The van der Waals surface area contributed by atoms with Crippen LogP contribution in [0, 0.1) is 0 Å². The van der Waals surface area contributed by atoms with Gasteiger partial charge in [-0.05, 0) is 0 Å². The summed E-state index contributed by atoms with van der Waals surface area (Å²) >= 11 is 0. The van der Waals surface area contributed by atoms with Gasteiger partial charge in [-0.15, -0.1) is 0 Å². The lowest BCUT2D eigenvalue weighted by atomic mass is 9.96. The van der Waals surface area contributed by atoms with Gasteiger partial charge in [-0.25, -0.2) is 13.2 Å². The first kappa shape index (κ1) is 21.9. The van der Waals surface area contributed by atoms with Crippen molar-refractivity contribution in [3.05, 3.63) is 0 Å². The number of hydrogen-bond acceptors (Lipinski definition) is 0. The van der Waals surface area contributed by atoms with E-state index in [2.05, 4.69) is 0 Å². The molecule has 0 rings (SSSR count). The molecule has 0 heterocycles. The fourth-order valence-corrected chi connectivity index (χ4v) is 1.14. The Bertz CT molecular complexity index is 412. The number of alkyl halides is 15. The van der Waals surface area contributed by atoms with Crippen molar-refractivity contribution in [3.63, 3.8) is 0 Å². The van der Waals surface area contributed by atoms with Crippen LogP contribution < -0.4 is 0 Å². The second kappa shape index (κ2) is 5.50. The van der Waals surface area contributed by atoms with Crippen LogP contribution in [0.15, 0.2) is 0 Å². The summed E-state index contributed by atoms with van der Waals surface area (Å²) in [5.41, 5.74) is 0. The molecule has 23 heavy (non-hydrogen) atoms. The summed E-state index contributed by atoms with van der Waals surface area (Å²) in [7, 11) is 0. The monoisotopic (exact) mass is 384 g/mol. The first-order valence-electron chi connectivity index (χ1n) is 4.90. The van der Waals surface area contributed by atoms with Crippen LogP contribution >= 0.6 is 0 Å². The lowest BCUT2D eigenvalue weighted by molar-refractivity contribution is -0.403. The van der Waals surface area contributed by atoms with Gasteiger partial charge in [-0.1, -0.05) is 0 Å². The minimum absolute atomic E-state index is 4.24. The lowest BCUT2D eigenvalue weighted by Gasteiger charge is -2.35. The van der Waals surface area contributed by atoms with Crippen LogP contribution in [-0.2, 0) is 0 Å². The van der Waals surface area contributed by atoms with Crippen LogP contribution in [-0.4, -0.2) is 42.2 Å². The molecule has 0 radical (unpaired) electrons. The molecule has 0 aromatic rings. The van der Waals surface area contributed by atoms with Crippen LogP contribution in [0.2, 0.25) is 0 Å². The zero-order valence-electron chi connectivity index (χ0n) is 9.95. The first-order chi connectivity index (χ1) is 9.61. The van der Waals surface area contributed by atoms with Crippen molar-refractivity contribution in [1.82, 2.24) is 0 Å². The van der Waals surface area contributed by atoms with Crippen LogP contribution in [0.5, 0.6) is 0 Å². The zero-order valence-corrected chi connectivity index (χ0v) is 9.95. The Kier molecular flexibility index (Phi) is 5.25. The normalized spacial score (nSPS) is 17.3. The van der Waals surface area contributed by atoms with Crippen LogP contribution in [0.25, 0.3) is 0 Å². The molecule has 0 aliphatic carbocycles. The van der Waals surface area contributed by atoms with Crippen LogP contribution in [0.3, 0.4) is 0 Å². The number of halogens is 15. The topological polar surface area (TPSA) is 0 Å². The number of rotatable bonds is 5. The van der Waals surface area contributed by atoms with E-state index < -0.39 is 48.6 Å². The van der Waals surface area contributed by atoms with Crippen molar-refractivity contribution in [2.75, 3.05) is 0 Å². The summed E-state index contributed by atoms with van der Waals surface area (Å²) in [6, 6.07) is 0. The summed E-state index contributed by atoms with van der Waals surface area (Å²) in [6.45, 7) is 0.